The zero-order chi connectivity index (χ0) is 6.57. The molecule has 1 nitrogen and oxygen atoms in total. The molecule has 0 aromatic carbocycles. The summed E-state index contributed by atoms with van der Waals surface area (Å²) in [4.78, 5) is 0. The molecule has 0 amide bonds. The molecule has 1 radical (unpaired) electrons. The van der Waals surface area contributed by atoms with Gasteiger partial charge in [-0.05, 0) is 0 Å². The minimum Gasteiger partial charge on any atom is -0.235 e. The third-order valence-electron chi connectivity index (χ3n) is 0.699. The Morgan fingerprint density at radius 2 is 1.75 bits per heavy atom. The Kier molecular flexibility index (Phi) is 5.17. The van der Waals surface area contributed by atoms with Gasteiger partial charge in [0.15, 0.2) is 0 Å². The van der Waals surface area contributed by atoms with Crippen LogP contribution in [0.1, 0.15) is 0 Å². The molecule has 0 saturated heterocycles. The second kappa shape index (κ2) is 4.68. The maximum Gasteiger partial charge on any atom is 0.100 e. The third-order valence-corrected chi connectivity index (χ3v) is 2.21. The summed E-state index contributed by atoms with van der Waals surface area (Å²) in [5.74, 6) is 0.234. The molecule has 2 atom stereocenters. The number of hydrogen-bond donors (Lipinski definition) is 0. The summed E-state index contributed by atoms with van der Waals surface area (Å²) in [5, 5.41) is 9.03. The molecule has 0 spiro atoms. The Bertz CT molecular complexity index is 51.2. The number of alkyl halides is 3. The molecule has 0 rings (SSSR count). The summed E-state index contributed by atoms with van der Waals surface area (Å²) >= 11 is 16.1. The van der Waals surface area contributed by atoms with E-state index in [1.54, 1.807) is 0 Å². The van der Waals surface area contributed by atoms with Gasteiger partial charge in [-0.2, -0.15) is 0 Å². The fourth-order valence-corrected chi connectivity index (χ4v) is 0.669. The predicted octanol–water partition coefficient (Wildman–Crippen LogP) is 1.87. The summed E-state index contributed by atoms with van der Waals surface area (Å²) < 4.78 is 0. The Balaban J connectivity index is 3.29. The Labute approximate surface area is 63.5 Å². The van der Waals surface area contributed by atoms with E-state index in [9.17, 15) is 5.11 Å². The van der Waals surface area contributed by atoms with Crippen molar-refractivity contribution in [3.05, 3.63) is 0 Å². The van der Waals surface area contributed by atoms with Crippen molar-refractivity contribution in [1.29, 1.82) is 0 Å². The van der Waals surface area contributed by atoms with Crippen LogP contribution in [-0.2, 0) is 5.11 Å². The molecule has 0 aliphatic heterocycles. The number of rotatable bonds is 3. The Hall–Kier alpha value is 0.830. The minimum atomic E-state index is -0.533. The molecule has 8 heavy (non-hydrogen) atoms. The van der Waals surface area contributed by atoms with Gasteiger partial charge < -0.3 is 0 Å². The largest absolute Gasteiger partial charge is 0.235 e. The first-order valence-electron chi connectivity index (χ1n) is 2.14. The molecule has 0 fully saturated rings. The highest BCUT2D eigenvalue weighted by Crippen LogP contribution is 2.10. The SMILES string of the molecule is [O]CC(Cl)C(Cl)CCl. The van der Waals surface area contributed by atoms with Crippen LogP contribution in [0.5, 0.6) is 0 Å². The lowest BCUT2D eigenvalue weighted by Crippen LogP contribution is -2.19. The van der Waals surface area contributed by atoms with Crippen molar-refractivity contribution < 1.29 is 5.11 Å². The Morgan fingerprint density at radius 1 is 1.25 bits per heavy atom. The van der Waals surface area contributed by atoms with Gasteiger partial charge in [-0.1, -0.05) is 0 Å². The maximum atomic E-state index is 9.96. The molecule has 49 valence electrons. The summed E-state index contributed by atoms with van der Waals surface area (Å²) in [6, 6.07) is 0. The van der Waals surface area contributed by atoms with Crippen LogP contribution >= 0.6 is 34.8 Å². The minimum absolute atomic E-state index is 0.234. The fraction of sp³-hybridized carbons (Fsp3) is 1.00. The van der Waals surface area contributed by atoms with E-state index >= 15 is 0 Å². The van der Waals surface area contributed by atoms with Crippen molar-refractivity contribution in [2.75, 3.05) is 12.5 Å². The maximum absolute atomic E-state index is 9.96. The van der Waals surface area contributed by atoms with Gasteiger partial charge in [0.25, 0.3) is 0 Å². The second-order valence-electron chi connectivity index (χ2n) is 1.35. The van der Waals surface area contributed by atoms with Crippen LogP contribution in [0, 0.1) is 0 Å². The van der Waals surface area contributed by atoms with Crippen molar-refractivity contribution in [2.24, 2.45) is 0 Å². The molecule has 0 heterocycles. The normalized spacial score (nSPS) is 18.0. The molecule has 0 saturated carbocycles. The lowest BCUT2D eigenvalue weighted by Gasteiger charge is -2.06. The third kappa shape index (κ3) is 2.98. The summed E-state index contributed by atoms with van der Waals surface area (Å²) in [6.45, 7) is -0.373. The van der Waals surface area contributed by atoms with Crippen LogP contribution in [0.2, 0.25) is 0 Å². The van der Waals surface area contributed by atoms with E-state index in [1.165, 1.54) is 0 Å². The van der Waals surface area contributed by atoms with Crippen molar-refractivity contribution in [1.82, 2.24) is 0 Å². The summed E-state index contributed by atoms with van der Waals surface area (Å²) in [6.07, 6.45) is 0. The van der Waals surface area contributed by atoms with Crippen LogP contribution in [-0.4, -0.2) is 23.2 Å². The van der Waals surface area contributed by atoms with E-state index in [0.29, 0.717) is 0 Å². The lowest BCUT2D eigenvalue weighted by molar-refractivity contribution is 0.192. The molecule has 0 aromatic heterocycles. The Morgan fingerprint density at radius 3 is 1.88 bits per heavy atom. The smallest absolute Gasteiger partial charge is 0.100 e. The monoisotopic (exact) mass is 175 g/mol. The lowest BCUT2D eigenvalue weighted by atomic mass is 10.3. The van der Waals surface area contributed by atoms with Gasteiger partial charge in [-0.25, -0.2) is 5.11 Å². The van der Waals surface area contributed by atoms with Crippen LogP contribution in [0.25, 0.3) is 0 Å². The average molecular weight is 176 g/mol. The molecule has 2 unspecified atom stereocenters. The summed E-state index contributed by atoms with van der Waals surface area (Å²) in [5.41, 5.74) is 0. The number of hydrogen-bond acceptors (Lipinski definition) is 0. The first kappa shape index (κ1) is 8.83. The summed E-state index contributed by atoms with van der Waals surface area (Å²) in [7, 11) is 0. The topological polar surface area (TPSA) is 19.9 Å². The highest BCUT2D eigenvalue weighted by molar-refractivity contribution is 6.33. The van der Waals surface area contributed by atoms with Gasteiger partial charge in [0.05, 0.1) is 10.8 Å². The quantitative estimate of drug-likeness (QED) is 0.585. The molecule has 0 aromatic rings. The van der Waals surface area contributed by atoms with E-state index < -0.39 is 10.8 Å². The fourth-order valence-electron chi connectivity index (χ4n) is 0.201. The van der Waals surface area contributed by atoms with E-state index in [0.717, 1.165) is 0 Å². The molecule has 0 bridgehead atoms. The van der Waals surface area contributed by atoms with Crippen LogP contribution in [0.15, 0.2) is 0 Å². The van der Waals surface area contributed by atoms with Gasteiger partial charge in [-0.15, -0.1) is 34.8 Å². The van der Waals surface area contributed by atoms with Crippen molar-refractivity contribution in [3.63, 3.8) is 0 Å². The zero-order valence-corrected chi connectivity index (χ0v) is 6.38. The van der Waals surface area contributed by atoms with Crippen molar-refractivity contribution >= 4 is 34.8 Å². The first-order chi connectivity index (χ1) is 3.72. The van der Waals surface area contributed by atoms with Crippen LogP contribution in [0.3, 0.4) is 0 Å². The highest BCUT2D eigenvalue weighted by Gasteiger charge is 2.13. The molecule has 0 N–H and O–H groups in total. The average Bonchev–Trinajstić information content (AvgIpc) is 1.84. The van der Waals surface area contributed by atoms with Gasteiger partial charge in [0.1, 0.15) is 6.61 Å². The van der Waals surface area contributed by atoms with Gasteiger partial charge in [0, 0.05) is 5.88 Å². The zero-order valence-electron chi connectivity index (χ0n) is 4.11. The molecule has 0 aliphatic rings. The molecule has 0 aliphatic carbocycles. The molecule has 4 heteroatoms. The number of halogens is 3. The van der Waals surface area contributed by atoms with Crippen molar-refractivity contribution in [2.45, 2.75) is 10.8 Å². The van der Waals surface area contributed by atoms with Crippen molar-refractivity contribution in [3.8, 4) is 0 Å². The van der Waals surface area contributed by atoms with Crippen LogP contribution < -0.4 is 0 Å². The van der Waals surface area contributed by atoms with E-state index in [4.69, 9.17) is 34.8 Å². The van der Waals surface area contributed by atoms with E-state index in [1.807, 2.05) is 0 Å². The van der Waals surface area contributed by atoms with E-state index in [2.05, 4.69) is 0 Å². The van der Waals surface area contributed by atoms with Gasteiger partial charge in [0.2, 0.25) is 0 Å². The van der Waals surface area contributed by atoms with E-state index in [-0.39, 0.29) is 12.5 Å². The van der Waals surface area contributed by atoms with Gasteiger partial charge in [-0.3, -0.25) is 0 Å². The highest BCUT2D eigenvalue weighted by atomic mass is 35.5. The molecular weight excluding hydrogens is 170 g/mol. The second-order valence-corrected chi connectivity index (χ2v) is 2.78. The van der Waals surface area contributed by atoms with Crippen LogP contribution in [0.4, 0.5) is 0 Å². The first-order valence-corrected chi connectivity index (χ1v) is 3.55. The standard InChI is InChI=1S/C4H6Cl3O/c5-1-3(6)4(7)2-8/h3-4H,1-2H2. The molecular formula is C4H6Cl3O. The van der Waals surface area contributed by atoms with Gasteiger partial charge >= 0.3 is 0 Å². The predicted molar refractivity (Wildman–Crippen MR) is 35.6 cm³/mol.